The van der Waals surface area contributed by atoms with Crippen LogP contribution < -0.4 is 4.90 Å². The summed E-state index contributed by atoms with van der Waals surface area (Å²) in [6, 6.07) is 16.6. The first-order valence-corrected chi connectivity index (χ1v) is 5.83. The van der Waals surface area contributed by atoms with Gasteiger partial charge in [-0.3, -0.25) is 0 Å². The molecule has 16 heavy (non-hydrogen) atoms. The minimum Gasteiger partial charge on any atom is -0.341 e. The molecule has 0 aromatic heterocycles. The van der Waals surface area contributed by atoms with Crippen LogP contribution >= 0.6 is 11.6 Å². The molecule has 0 unspecified atom stereocenters. The second-order valence-corrected chi connectivity index (χ2v) is 4.44. The van der Waals surface area contributed by atoms with Crippen LogP contribution in [0, 0.1) is 0 Å². The number of para-hydroxylation sites is 1. The highest BCUT2D eigenvalue weighted by atomic mass is 35.5. The largest absolute Gasteiger partial charge is 0.341 e. The van der Waals surface area contributed by atoms with Crippen LogP contribution in [0.1, 0.15) is 5.56 Å². The second-order valence-electron chi connectivity index (χ2n) is 4.01. The molecule has 2 aromatic rings. The zero-order chi connectivity index (χ0) is 11.0. The van der Waals surface area contributed by atoms with Crippen molar-refractivity contribution in [2.45, 2.75) is 6.42 Å². The highest BCUT2D eigenvalue weighted by molar-refractivity contribution is 6.30. The van der Waals surface area contributed by atoms with Crippen molar-refractivity contribution in [3.05, 3.63) is 59.1 Å². The second kappa shape index (κ2) is 3.84. The fourth-order valence-electron chi connectivity index (χ4n) is 2.23. The van der Waals surface area contributed by atoms with Gasteiger partial charge in [0, 0.05) is 22.9 Å². The summed E-state index contributed by atoms with van der Waals surface area (Å²) in [5.41, 5.74) is 3.97. The predicted octanol–water partition coefficient (Wildman–Crippen LogP) is 4.03. The highest BCUT2D eigenvalue weighted by Gasteiger charge is 2.19. The summed E-state index contributed by atoms with van der Waals surface area (Å²) >= 11 is 5.90. The Hall–Kier alpha value is -1.47. The molecule has 1 aliphatic rings. The Balaban J connectivity index is 2.01. The minimum absolute atomic E-state index is 0.788. The lowest BCUT2D eigenvalue weighted by Crippen LogP contribution is -2.12. The van der Waals surface area contributed by atoms with Gasteiger partial charge in [0.15, 0.2) is 0 Å². The summed E-state index contributed by atoms with van der Waals surface area (Å²) in [7, 11) is 0. The van der Waals surface area contributed by atoms with E-state index in [4.69, 9.17) is 11.6 Å². The molecule has 0 atom stereocenters. The lowest BCUT2D eigenvalue weighted by Gasteiger charge is -2.19. The van der Waals surface area contributed by atoms with E-state index in [9.17, 15) is 0 Å². The van der Waals surface area contributed by atoms with Gasteiger partial charge in [-0.2, -0.15) is 0 Å². The number of hydrogen-bond acceptors (Lipinski definition) is 1. The summed E-state index contributed by atoms with van der Waals surface area (Å²) in [6.45, 7) is 1.06. The molecule has 0 aliphatic carbocycles. The van der Waals surface area contributed by atoms with Gasteiger partial charge in [0.2, 0.25) is 0 Å². The topological polar surface area (TPSA) is 3.24 Å². The Morgan fingerprint density at radius 3 is 2.50 bits per heavy atom. The number of fused-ring (bicyclic) bond motifs is 1. The van der Waals surface area contributed by atoms with E-state index in [-0.39, 0.29) is 0 Å². The fraction of sp³-hybridized carbons (Fsp3) is 0.143. The van der Waals surface area contributed by atoms with Crippen molar-refractivity contribution < 1.29 is 0 Å². The lowest BCUT2D eigenvalue weighted by atomic mass is 10.2. The Morgan fingerprint density at radius 2 is 1.69 bits per heavy atom. The third-order valence-electron chi connectivity index (χ3n) is 3.03. The number of hydrogen-bond donors (Lipinski definition) is 0. The average molecular weight is 230 g/mol. The molecule has 0 bridgehead atoms. The third-order valence-corrected chi connectivity index (χ3v) is 3.28. The molecule has 1 heterocycles. The van der Waals surface area contributed by atoms with E-state index in [1.54, 1.807) is 0 Å². The van der Waals surface area contributed by atoms with Crippen molar-refractivity contribution in [3.8, 4) is 0 Å². The van der Waals surface area contributed by atoms with Gasteiger partial charge in [-0.15, -0.1) is 0 Å². The highest BCUT2D eigenvalue weighted by Crippen LogP contribution is 2.34. The van der Waals surface area contributed by atoms with Crippen molar-refractivity contribution in [2.24, 2.45) is 0 Å². The number of benzene rings is 2. The summed E-state index contributed by atoms with van der Waals surface area (Å²) in [5.74, 6) is 0. The van der Waals surface area contributed by atoms with Gasteiger partial charge in [0.25, 0.3) is 0 Å². The molecule has 1 nitrogen and oxygen atoms in total. The van der Waals surface area contributed by atoms with Crippen molar-refractivity contribution in [2.75, 3.05) is 11.4 Å². The molecule has 0 fully saturated rings. The molecule has 0 saturated heterocycles. The fourth-order valence-corrected chi connectivity index (χ4v) is 2.35. The summed E-state index contributed by atoms with van der Waals surface area (Å²) in [4.78, 5) is 2.34. The maximum atomic E-state index is 5.90. The first-order chi connectivity index (χ1) is 7.84. The van der Waals surface area contributed by atoms with Crippen molar-refractivity contribution in [1.82, 2.24) is 0 Å². The summed E-state index contributed by atoms with van der Waals surface area (Å²) in [6.07, 6.45) is 1.12. The van der Waals surface area contributed by atoms with Gasteiger partial charge in [-0.05, 0) is 42.3 Å². The lowest BCUT2D eigenvalue weighted by molar-refractivity contribution is 0.998. The van der Waals surface area contributed by atoms with E-state index in [0.717, 1.165) is 18.0 Å². The van der Waals surface area contributed by atoms with E-state index in [1.807, 2.05) is 12.1 Å². The van der Waals surface area contributed by atoms with Crippen LogP contribution in [-0.2, 0) is 6.42 Å². The van der Waals surface area contributed by atoms with Gasteiger partial charge in [0.1, 0.15) is 0 Å². The number of halogens is 1. The molecule has 80 valence electrons. The van der Waals surface area contributed by atoms with Crippen LogP contribution in [0.15, 0.2) is 48.5 Å². The Kier molecular flexibility index (Phi) is 2.33. The van der Waals surface area contributed by atoms with Gasteiger partial charge >= 0.3 is 0 Å². The zero-order valence-electron chi connectivity index (χ0n) is 8.86. The normalized spacial score (nSPS) is 13.9. The SMILES string of the molecule is Clc1ccc(N2CCc3ccccc32)cc1. The first-order valence-electron chi connectivity index (χ1n) is 5.45. The Morgan fingerprint density at radius 1 is 0.938 bits per heavy atom. The van der Waals surface area contributed by atoms with Crippen molar-refractivity contribution in [3.63, 3.8) is 0 Å². The maximum Gasteiger partial charge on any atom is 0.0444 e. The van der Waals surface area contributed by atoms with E-state index < -0.39 is 0 Å². The molecule has 0 saturated carbocycles. The standard InChI is InChI=1S/C14H12ClN/c15-12-5-7-13(8-6-12)16-10-9-11-3-1-2-4-14(11)16/h1-8H,9-10H2. The van der Waals surface area contributed by atoms with Gasteiger partial charge < -0.3 is 4.90 Å². The molecule has 0 N–H and O–H groups in total. The van der Waals surface area contributed by atoms with Gasteiger partial charge in [0.05, 0.1) is 0 Å². The minimum atomic E-state index is 0.788. The molecule has 1 aliphatic heterocycles. The molecule has 2 aromatic carbocycles. The zero-order valence-corrected chi connectivity index (χ0v) is 9.61. The molecule has 0 spiro atoms. The van der Waals surface area contributed by atoms with E-state index in [1.165, 1.54) is 16.9 Å². The number of rotatable bonds is 1. The van der Waals surface area contributed by atoms with E-state index in [2.05, 4.69) is 41.3 Å². The summed E-state index contributed by atoms with van der Waals surface area (Å²) in [5, 5.41) is 0.788. The molecular weight excluding hydrogens is 218 g/mol. The number of nitrogens with zero attached hydrogens (tertiary/aromatic N) is 1. The predicted molar refractivity (Wildman–Crippen MR) is 68.6 cm³/mol. The molecule has 0 radical (unpaired) electrons. The van der Waals surface area contributed by atoms with Crippen molar-refractivity contribution in [1.29, 1.82) is 0 Å². The molecule has 0 amide bonds. The van der Waals surface area contributed by atoms with Crippen LogP contribution in [0.3, 0.4) is 0 Å². The van der Waals surface area contributed by atoms with Crippen LogP contribution in [0.25, 0.3) is 0 Å². The van der Waals surface area contributed by atoms with E-state index >= 15 is 0 Å². The molecular formula is C14H12ClN. The van der Waals surface area contributed by atoms with Gasteiger partial charge in [-0.25, -0.2) is 0 Å². The van der Waals surface area contributed by atoms with Crippen LogP contribution in [-0.4, -0.2) is 6.54 Å². The van der Waals surface area contributed by atoms with Crippen LogP contribution in [0.5, 0.6) is 0 Å². The molecule has 3 rings (SSSR count). The quantitative estimate of drug-likeness (QED) is 0.714. The smallest absolute Gasteiger partial charge is 0.0444 e. The van der Waals surface area contributed by atoms with Gasteiger partial charge in [-0.1, -0.05) is 29.8 Å². The average Bonchev–Trinajstić information content (AvgIpc) is 2.74. The molecule has 2 heteroatoms. The Bertz CT molecular complexity index is 504. The Labute approximate surface area is 100 Å². The van der Waals surface area contributed by atoms with Crippen LogP contribution in [0.4, 0.5) is 11.4 Å². The first kappa shape index (κ1) is 9.73. The number of anilines is 2. The summed E-state index contributed by atoms with van der Waals surface area (Å²) < 4.78 is 0. The van der Waals surface area contributed by atoms with Crippen molar-refractivity contribution >= 4 is 23.0 Å². The van der Waals surface area contributed by atoms with E-state index in [0.29, 0.717) is 0 Å². The van der Waals surface area contributed by atoms with Crippen LogP contribution in [0.2, 0.25) is 5.02 Å². The third kappa shape index (κ3) is 1.57. The monoisotopic (exact) mass is 229 g/mol. The maximum absolute atomic E-state index is 5.90.